The van der Waals surface area contributed by atoms with Gasteiger partial charge in [0.05, 0.1) is 0 Å². The molecule has 2 aromatic heterocycles. The van der Waals surface area contributed by atoms with Crippen LogP contribution < -0.4 is 0 Å². The lowest BCUT2D eigenvalue weighted by atomic mass is 10.1. The Balaban J connectivity index is 2.49. The van der Waals surface area contributed by atoms with Crippen LogP contribution in [0.3, 0.4) is 0 Å². The summed E-state index contributed by atoms with van der Waals surface area (Å²) in [5, 5.41) is 3.17. The van der Waals surface area contributed by atoms with Gasteiger partial charge in [-0.25, -0.2) is 15.0 Å². The largest absolute Gasteiger partial charge is 0.241 e. The molecule has 2 rings (SSSR count). The summed E-state index contributed by atoms with van der Waals surface area (Å²) in [7, 11) is 0. The SMILES string of the molecule is CC(C)c1cc(Cl)nc(-c2nccs2)n1. The molecular formula is C10H10ClN3S. The van der Waals surface area contributed by atoms with Crippen molar-refractivity contribution >= 4 is 22.9 Å². The van der Waals surface area contributed by atoms with Gasteiger partial charge in [-0.05, 0) is 12.0 Å². The predicted molar refractivity (Wildman–Crippen MR) is 62.2 cm³/mol. The summed E-state index contributed by atoms with van der Waals surface area (Å²) in [6.45, 7) is 4.15. The first-order valence-electron chi connectivity index (χ1n) is 4.61. The van der Waals surface area contributed by atoms with Crippen LogP contribution in [0.15, 0.2) is 17.6 Å². The zero-order valence-electron chi connectivity index (χ0n) is 8.44. The van der Waals surface area contributed by atoms with E-state index < -0.39 is 0 Å². The van der Waals surface area contributed by atoms with Gasteiger partial charge in [0.15, 0.2) is 10.8 Å². The van der Waals surface area contributed by atoms with E-state index in [1.54, 1.807) is 12.3 Å². The maximum Gasteiger partial charge on any atom is 0.190 e. The van der Waals surface area contributed by atoms with Crippen molar-refractivity contribution < 1.29 is 0 Å². The minimum absolute atomic E-state index is 0.337. The third-order valence-electron chi connectivity index (χ3n) is 1.93. The number of hydrogen-bond acceptors (Lipinski definition) is 4. The molecule has 0 aliphatic rings. The molecule has 3 nitrogen and oxygen atoms in total. The summed E-state index contributed by atoms with van der Waals surface area (Å²) in [4.78, 5) is 12.8. The van der Waals surface area contributed by atoms with Crippen molar-refractivity contribution in [1.29, 1.82) is 0 Å². The topological polar surface area (TPSA) is 38.7 Å². The van der Waals surface area contributed by atoms with Gasteiger partial charge in [0.1, 0.15) is 5.15 Å². The van der Waals surface area contributed by atoms with Crippen LogP contribution in [0, 0.1) is 0 Å². The van der Waals surface area contributed by atoms with Crippen molar-refractivity contribution in [1.82, 2.24) is 15.0 Å². The van der Waals surface area contributed by atoms with E-state index in [0.717, 1.165) is 10.7 Å². The number of halogens is 1. The van der Waals surface area contributed by atoms with Crippen molar-refractivity contribution in [2.45, 2.75) is 19.8 Å². The second-order valence-electron chi connectivity index (χ2n) is 3.43. The molecule has 2 heterocycles. The van der Waals surface area contributed by atoms with Crippen LogP contribution in [0.4, 0.5) is 0 Å². The minimum atomic E-state index is 0.337. The van der Waals surface area contributed by atoms with E-state index in [4.69, 9.17) is 11.6 Å². The molecule has 0 saturated heterocycles. The van der Waals surface area contributed by atoms with Gasteiger partial charge in [-0.3, -0.25) is 0 Å². The average molecular weight is 240 g/mol. The van der Waals surface area contributed by atoms with Gasteiger partial charge in [0.2, 0.25) is 0 Å². The quantitative estimate of drug-likeness (QED) is 0.755. The average Bonchev–Trinajstić information content (AvgIpc) is 2.69. The van der Waals surface area contributed by atoms with E-state index >= 15 is 0 Å². The van der Waals surface area contributed by atoms with Crippen molar-refractivity contribution in [3.8, 4) is 10.8 Å². The smallest absolute Gasteiger partial charge is 0.190 e. The van der Waals surface area contributed by atoms with Crippen molar-refractivity contribution in [3.63, 3.8) is 0 Å². The van der Waals surface area contributed by atoms with Gasteiger partial charge in [-0.15, -0.1) is 11.3 Å². The molecule has 0 spiro atoms. The standard InChI is InChI=1S/C10H10ClN3S/c1-6(2)7-5-8(11)14-9(13-7)10-12-3-4-15-10/h3-6H,1-2H3. The van der Waals surface area contributed by atoms with Gasteiger partial charge in [0.25, 0.3) is 0 Å². The molecule has 78 valence electrons. The molecule has 0 aliphatic carbocycles. The summed E-state index contributed by atoms with van der Waals surface area (Å²) in [5.41, 5.74) is 0.945. The summed E-state index contributed by atoms with van der Waals surface area (Å²) in [5.74, 6) is 0.949. The molecule has 0 fully saturated rings. The van der Waals surface area contributed by atoms with Gasteiger partial charge in [-0.1, -0.05) is 25.4 Å². The molecule has 0 N–H and O–H groups in total. The Kier molecular flexibility index (Phi) is 2.98. The monoisotopic (exact) mass is 239 g/mol. The highest BCUT2D eigenvalue weighted by atomic mass is 35.5. The van der Waals surface area contributed by atoms with Gasteiger partial charge < -0.3 is 0 Å². The molecule has 2 aromatic rings. The number of rotatable bonds is 2. The zero-order chi connectivity index (χ0) is 10.8. The van der Waals surface area contributed by atoms with Crippen LogP contribution in [0.1, 0.15) is 25.5 Å². The fraction of sp³-hybridized carbons (Fsp3) is 0.300. The second-order valence-corrected chi connectivity index (χ2v) is 4.71. The Morgan fingerprint density at radius 1 is 1.33 bits per heavy atom. The lowest BCUT2D eigenvalue weighted by molar-refractivity contribution is 0.816. The fourth-order valence-corrected chi connectivity index (χ4v) is 1.92. The minimum Gasteiger partial charge on any atom is -0.241 e. The molecule has 5 heteroatoms. The number of hydrogen-bond donors (Lipinski definition) is 0. The summed E-state index contributed by atoms with van der Waals surface area (Å²) >= 11 is 7.45. The van der Waals surface area contributed by atoms with E-state index in [-0.39, 0.29) is 0 Å². The van der Waals surface area contributed by atoms with Crippen LogP contribution >= 0.6 is 22.9 Å². The fourth-order valence-electron chi connectivity index (χ4n) is 1.16. The lowest BCUT2D eigenvalue weighted by Gasteiger charge is -2.05. The molecule has 15 heavy (non-hydrogen) atoms. The van der Waals surface area contributed by atoms with Gasteiger partial charge >= 0.3 is 0 Å². The highest BCUT2D eigenvalue weighted by Gasteiger charge is 2.09. The molecule has 0 saturated carbocycles. The van der Waals surface area contributed by atoms with E-state index in [9.17, 15) is 0 Å². The molecule has 0 atom stereocenters. The summed E-state index contributed by atoms with van der Waals surface area (Å²) in [6, 6.07) is 1.79. The Hall–Kier alpha value is -1.00. The predicted octanol–water partition coefficient (Wildman–Crippen LogP) is 3.38. The van der Waals surface area contributed by atoms with Gasteiger partial charge in [0, 0.05) is 17.3 Å². The number of thiazole rings is 1. The Labute approximate surface area is 97.2 Å². The Morgan fingerprint density at radius 3 is 2.73 bits per heavy atom. The van der Waals surface area contributed by atoms with E-state index in [0.29, 0.717) is 16.9 Å². The maximum absolute atomic E-state index is 5.94. The second kappa shape index (κ2) is 4.24. The van der Waals surface area contributed by atoms with Crippen LogP contribution in [-0.2, 0) is 0 Å². The zero-order valence-corrected chi connectivity index (χ0v) is 10.0. The van der Waals surface area contributed by atoms with Crippen molar-refractivity contribution in [3.05, 3.63) is 28.5 Å². The number of nitrogens with zero attached hydrogens (tertiary/aromatic N) is 3. The third kappa shape index (κ3) is 2.33. The molecule has 0 aliphatic heterocycles. The lowest BCUT2D eigenvalue weighted by Crippen LogP contribution is -1.97. The van der Waals surface area contributed by atoms with Crippen molar-refractivity contribution in [2.24, 2.45) is 0 Å². The van der Waals surface area contributed by atoms with E-state index in [1.165, 1.54) is 11.3 Å². The first kappa shape index (κ1) is 10.5. The Bertz CT molecular complexity index is 454. The highest BCUT2D eigenvalue weighted by molar-refractivity contribution is 7.13. The first-order chi connectivity index (χ1) is 7.16. The van der Waals surface area contributed by atoms with Crippen LogP contribution in [-0.4, -0.2) is 15.0 Å². The van der Waals surface area contributed by atoms with E-state index in [1.807, 2.05) is 5.38 Å². The summed E-state index contributed by atoms with van der Waals surface area (Å²) in [6.07, 6.45) is 1.74. The molecule has 0 unspecified atom stereocenters. The molecule has 0 aromatic carbocycles. The maximum atomic E-state index is 5.94. The first-order valence-corrected chi connectivity index (χ1v) is 5.87. The van der Waals surface area contributed by atoms with Crippen LogP contribution in [0.5, 0.6) is 0 Å². The molecule has 0 radical (unpaired) electrons. The third-order valence-corrected chi connectivity index (χ3v) is 2.89. The van der Waals surface area contributed by atoms with Crippen LogP contribution in [0.25, 0.3) is 10.8 Å². The Morgan fingerprint density at radius 2 is 2.13 bits per heavy atom. The highest BCUT2D eigenvalue weighted by Crippen LogP contribution is 2.22. The normalized spacial score (nSPS) is 10.9. The molecular weight excluding hydrogens is 230 g/mol. The van der Waals surface area contributed by atoms with Crippen LogP contribution in [0.2, 0.25) is 5.15 Å². The summed E-state index contributed by atoms with van der Waals surface area (Å²) < 4.78 is 0. The van der Waals surface area contributed by atoms with Crippen molar-refractivity contribution in [2.75, 3.05) is 0 Å². The molecule has 0 amide bonds. The number of aromatic nitrogens is 3. The van der Waals surface area contributed by atoms with E-state index in [2.05, 4.69) is 28.8 Å². The molecule has 0 bridgehead atoms. The van der Waals surface area contributed by atoms with Gasteiger partial charge in [-0.2, -0.15) is 0 Å².